The number of aliphatic hydroxyl groups is 1. The topological polar surface area (TPSA) is 100 Å². The van der Waals surface area contributed by atoms with E-state index in [1.54, 1.807) is 13.8 Å². The lowest BCUT2D eigenvalue weighted by atomic mass is 9.89. The fourth-order valence-corrected chi connectivity index (χ4v) is 2.04. The number of amides is 1. The van der Waals surface area contributed by atoms with Crippen LogP contribution in [0.4, 0.5) is 4.79 Å². The second-order valence-electron chi connectivity index (χ2n) is 4.37. The van der Waals surface area contributed by atoms with Crippen LogP contribution in [0, 0.1) is 0 Å². The summed E-state index contributed by atoms with van der Waals surface area (Å²) in [5, 5.41) is 9.95. The standard InChI is InChI=1S/C10H19NO6/c1-10(2)7(14-3)6(16-9(11)13)5(12)8(15-4)17-10/h5-8,12H,1-4H3,(H2,11,13)/t5?,6?,7-,8?/m1/s1. The Morgan fingerprint density at radius 3 is 2.35 bits per heavy atom. The Hall–Kier alpha value is -0.890. The maximum absolute atomic E-state index is 10.8. The molecule has 0 aromatic heterocycles. The molecule has 0 bridgehead atoms. The molecule has 1 heterocycles. The van der Waals surface area contributed by atoms with E-state index in [9.17, 15) is 9.90 Å². The summed E-state index contributed by atoms with van der Waals surface area (Å²) in [6.07, 6.45) is -4.63. The van der Waals surface area contributed by atoms with Crippen molar-refractivity contribution < 1.29 is 28.8 Å². The minimum atomic E-state index is -1.16. The largest absolute Gasteiger partial charge is 0.441 e. The highest BCUT2D eigenvalue weighted by Crippen LogP contribution is 2.33. The van der Waals surface area contributed by atoms with Crippen LogP contribution in [-0.4, -0.2) is 55.6 Å². The molecule has 0 radical (unpaired) electrons. The van der Waals surface area contributed by atoms with E-state index in [0.717, 1.165) is 0 Å². The summed E-state index contributed by atoms with van der Waals surface area (Å²) >= 11 is 0. The number of rotatable bonds is 3. The van der Waals surface area contributed by atoms with E-state index >= 15 is 0 Å². The van der Waals surface area contributed by atoms with Crippen LogP contribution in [0.15, 0.2) is 0 Å². The molecular weight excluding hydrogens is 230 g/mol. The Labute approximate surface area is 99.8 Å². The molecule has 0 aromatic carbocycles. The predicted octanol–water partition coefficient (Wildman–Crippen LogP) is -0.392. The fraction of sp³-hybridized carbons (Fsp3) is 0.900. The van der Waals surface area contributed by atoms with E-state index in [-0.39, 0.29) is 0 Å². The number of carbonyl (C=O) groups is 1. The highest BCUT2D eigenvalue weighted by Gasteiger charge is 2.52. The second-order valence-corrected chi connectivity index (χ2v) is 4.37. The van der Waals surface area contributed by atoms with E-state index in [4.69, 9.17) is 24.7 Å². The third kappa shape index (κ3) is 2.86. The van der Waals surface area contributed by atoms with Gasteiger partial charge in [0.1, 0.15) is 12.2 Å². The average molecular weight is 249 g/mol. The van der Waals surface area contributed by atoms with Gasteiger partial charge in [-0.1, -0.05) is 0 Å². The van der Waals surface area contributed by atoms with Crippen molar-refractivity contribution in [3.8, 4) is 0 Å². The van der Waals surface area contributed by atoms with Crippen LogP contribution >= 0.6 is 0 Å². The molecule has 4 atom stereocenters. The molecule has 7 heteroatoms. The SMILES string of the molecule is COC1OC(C)(C)[C@H](OC)C(OC(N)=O)C1O. The van der Waals surface area contributed by atoms with E-state index < -0.39 is 36.3 Å². The van der Waals surface area contributed by atoms with Crippen LogP contribution in [0.3, 0.4) is 0 Å². The number of carbonyl (C=O) groups excluding carboxylic acids is 1. The maximum Gasteiger partial charge on any atom is 0.404 e. The molecule has 0 spiro atoms. The normalized spacial score (nSPS) is 36.5. The molecule has 1 amide bonds. The van der Waals surface area contributed by atoms with Crippen LogP contribution in [0.1, 0.15) is 13.8 Å². The van der Waals surface area contributed by atoms with Crippen molar-refractivity contribution in [1.29, 1.82) is 0 Å². The molecular formula is C10H19NO6. The quantitative estimate of drug-likeness (QED) is 0.706. The molecule has 1 aliphatic heterocycles. The second kappa shape index (κ2) is 5.18. The maximum atomic E-state index is 10.8. The van der Waals surface area contributed by atoms with Gasteiger partial charge in [0.15, 0.2) is 12.4 Å². The summed E-state index contributed by atoms with van der Waals surface area (Å²) in [7, 11) is 2.82. The number of nitrogens with two attached hydrogens (primary N) is 1. The molecule has 7 nitrogen and oxygen atoms in total. The van der Waals surface area contributed by atoms with Crippen molar-refractivity contribution in [3.63, 3.8) is 0 Å². The number of aliphatic hydroxyl groups excluding tert-OH is 1. The van der Waals surface area contributed by atoms with E-state index in [1.807, 2.05) is 0 Å². The molecule has 0 aliphatic carbocycles. The summed E-state index contributed by atoms with van der Waals surface area (Å²) in [5.74, 6) is 0. The number of hydrogen-bond acceptors (Lipinski definition) is 6. The summed E-state index contributed by atoms with van der Waals surface area (Å²) in [4.78, 5) is 10.8. The van der Waals surface area contributed by atoms with Crippen molar-refractivity contribution in [3.05, 3.63) is 0 Å². The van der Waals surface area contributed by atoms with Crippen LogP contribution in [0.2, 0.25) is 0 Å². The number of primary amides is 1. The van der Waals surface area contributed by atoms with Gasteiger partial charge < -0.3 is 29.8 Å². The zero-order chi connectivity index (χ0) is 13.2. The lowest BCUT2D eigenvalue weighted by Crippen LogP contribution is -2.64. The molecule has 17 heavy (non-hydrogen) atoms. The number of hydrogen-bond donors (Lipinski definition) is 2. The summed E-state index contributed by atoms with van der Waals surface area (Å²) in [6.45, 7) is 3.49. The van der Waals surface area contributed by atoms with Gasteiger partial charge in [-0.2, -0.15) is 0 Å². The lowest BCUT2D eigenvalue weighted by Gasteiger charge is -2.47. The highest BCUT2D eigenvalue weighted by atomic mass is 16.7. The molecule has 100 valence electrons. The lowest BCUT2D eigenvalue weighted by molar-refractivity contribution is -0.319. The zero-order valence-corrected chi connectivity index (χ0v) is 10.4. The minimum absolute atomic E-state index is 0.642. The summed E-state index contributed by atoms with van der Waals surface area (Å²) in [5.41, 5.74) is 4.19. The van der Waals surface area contributed by atoms with Gasteiger partial charge in [0.05, 0.1) is 5.60 Å². The predicted molar refractivity (Wildman–Crippen MR) is 57.2 cm³/mol. The van der Waals surface area contributed by atoms with Crippen molar-refractivity contribution in [2.24, 2.45) is 5.73 Å². The first-order valence-corrected chi connectivity index (χ1v) is 5.21. The number of methoxy groups -OCH3 is 2. The Morgan fingerprint density at radius 1 is 1.35 bits per heavy atom. The van der Waals surface area contributed by atoms with Gasteiger partial charge >= 0.3 is 6.09 Å². The molecule has 3 unspecified atom stereocenters. The van der Waals surface area contributed by atoms with Gasteiger partial charge in [0.25, 0.3) is 0 Å². The van der Waals surface area contributed by atoms with Crippen LogP contribution < -0.4 is 5.73 Å². The highest BCUT2D eigenvalue weighted by molar-refractivity contribution is 5.65. The third-order valence-corrected chi connectivity index (χ3v) is 2.76. The summed E-state index contributed by atoms with van der Waals surface area (Å²) in [6, 6.07) is 0. The van der Waals surface area contributed by atoms with Gasteiger partial charge in [-0.15, -0.1) is 0 Å². The average Bonchev–Trinajstić information content (AvgIpc) is 2.22. The Bertz CT molecular complexity index is 282. The van der Waals surface area contributed by atoms with Crippen molar-refractivity contribution >= 4 is 6.09 Å². The zero-order valence-electron chi connectivity index (χ0n) is 10.4. The van der Waals surface area contributed by atoms with E-state index in [2.05, 4.69) is 0 Å². The molecule has 0 saturated carbocycles. The van der Waals surface area contributed by atoms with Gasteiger partial charge in [-0.25, -0.2) is 4.79 Å². The summed E-state index contributed by atoms with van der Waals surface area (Å²) < 4.78 is 20.6. The van der Waals surface area contributed by atoms with Crippen LogP contribution in [0.5, 0.6) is 0 Å². The molecule has 1 saturated heterocycles. The first kappa shape index (κ1) is 14.2. The molecule has 1 rings (SSSR count). The smallest absolute Gasteiger partial charge is 0.404 e. The van der Waals surface area contributed by atoms with Gasteiger partial charge in [0, 0.05) is 14.2 Å². The molecule has 1 fully saturated rings. The first-order valence-electron chi connectivity index (χ1n) is 5.21. The Kier molecular flexibility index (Phi) is 4.31. The third-order valence-electron chi connectivity index (χ3n) is 2.76. The van der Waals surface area contributed by atoms with Crippen molar-refractivity contribution in [2.75, 3.05) is 14.2 Å². The Balaban J connectivity index is 2.96. The van der Waals surface area contributed by atoms with Crippen molar-refractivity contribution in [1.82, 2.24) is 0 Å². The molecule has 1 aliphatic rings. The van der Waals surface area contributed by atoms with E-state index in [1.165, 1.54) is 14.2 Å². The monoisotopic (exact) mass is 249 g/mol. The molecule has 3 N–H and O–H groups in total. The van der Waals surface area contributed by atoms with Gasteiger partial charge in [0.2, 0.25) is 0 Å². The van der Waals surface area contributed by atoms with Crippen LogP contribution in [0.25, 0.3) is 0 Å². The first-order chi connectivity index (χ1) is 7.83. The van der Waals surface area contributed by atoms with Gasteiger partial charge in [-0.05, 0) is 13.8 Å². The van der Waals surface area contributed by atoms with Crippen molar-refractivity contribution in [2.45, 2.75) is 44.1 Å². The Morgan fingerprint density at radius 2 is 1.94 bits per heavy atom. The van der Waals surface area contributed by atoms with Crippen LogP contribution in [-0.2, 0) is 18.9 Å². The van der Waals surface area contributed by atoms with Gasteiger partial charge in [-0.3, -0.25) is 0 Å². The fourth-order valence-electron chi connectivity index (χ4n) is 2.04. The van der Waals surface area contributed by atoms with E-state index in [0.29, 0.717) is 0 Å². The molecule has 0 aromatic rings. The minimum Gasteiger partial charge on any atom is -0.441 e. The number of ether oxygens (including phenoxy) is 4.